The Hall–Kier alpha value is -2.24. The summed E-state index contributed by atoms with van der Waals surface area (Å²) >= 11 is 0. The third kappa shape index (κ3) is 4.17. The van der Waals surface area contributed by atoms with Gasteiger partial charge in [0, 0.05) is 0 Å². The van der Waals surface area contributed by atoms with Crippen LogP contribution in [-0.4, -0.2) is 36.9 Å². The normalized spacial score (nSPS) is 9.79. The van der Waals surface area contributed by atoms with Crippen molar-refractivity contribution in [3.05, 3.63) is 23.8 Å². The van der Waals surface area contributed by atoms with Crippen LogP contribution < -0.4 is 9.47 Å². The monoisotopic (exact) mass is 268 g/mol. The summed E-state index contributed by atoms with van der Waals surface area (Å²) in [5, 5.41) is 9.08. The summed E-state index contributed by atoms with van der Waals surface area (Å²) < 4.78 is 15.2. The largest absolute Gasteiger partial charge is 0.490 e. The zero-order valence-electron chi connectivity index (χ0n) is 10.8. The van der Waals surface area contributed by atoms with Crippen LogP contribution in [0.25, 0.3) is 0 Å². The number of hydrogen-bond donors (Lipinski definition) is 1. The van der Waals surface area contributed by atoms with Crippen molar-refractivity contribution in [2.75, 3.05) is 19.8 Å². The van der Waals surface area contributed by atoms with E-state index < -0.39 is 11.9 Å². The van der Waals surface area contributed by atoms with Crippen molar-refractivity contribution < 1.29 is 28.9 Å². The number of esters is 1. The average molecular weight is 268 g/mol. The van der Waals surface area contributed by atoms with Gasteiger partial charge in [0.1, 0.15) is 5.56 Å². The Labute approximate surface area is 110 Å². The Bertz CT molecular complexity index is 454. The van der Waals surface area contributed by atoms with Gasteiger partial charge in [-0.1, -0.05) is 6.07 Å². The molecule has 0 radical (unpaired) electrons. The first-order valence-corrected chi connectivity index (χ1v) is 5.87. The molecular formula is C13H16O6. The van der Waals surface area contributed by atoms with E-state index in [1.165, 1.54) is 6.07 Å². The summed E-state index contributed by atoms with van der Waals surface area (Å²) in [6.45, 7) is 3.68. The van der Waals surface area contributed by atoms with E-state index in [4.69, 9.17) is 19.3 Å². The van der Waals surface area contributed by atoms with E-state index in [0.717, 1.165) is 0 Å². The van der Waals surface area contributed by atoms with Crippen LogP contribution in [0.15, 0.2) is 18.2 Å². The summed E-state index contributed by atoms with van der Waals surface area (Å²) in [4.78, 5) is 22.3. The summed E-state index contributed by atoms with van der Waals surface area (Å²) in [5.41, 5.74) is -0.0600. The number of ether oxygens (including phenoxy) is 3. The molecule has 0 fully saturated rings. The molecule has 0 unspecified atom stereocenters. The fourth-order valence-electron chi connectivity index (χ4n) is 1.44. The van der Waals surface area contributed by atoms with Gasteiger partial charge in [-0.3, -0.25) is 0 Å². The minimum absolute atomic E-state index is 0.0323. The van der Waals surface area contributed by atoms with Gasteiger partial charge in [0.15, 0.2) is 18.1 Å². The Morgan fingerprint density at radius 2 is 1.89 bits per heavy atom. The highest BCUT2D eigenvalue weighted by molar-refractivity contribution is 5.92. The highest BCUT2D eigenvalue weighted by atomic mass is 16.6. The zero-order chi connectivity index (χ0) is 14.3. The van der Waals surface area contributed by atoms with Crippen LogP contribution in [0.1, 0.15) is 24.2 Å². The minimum atomic E-state index is -1.15. The third-order valence-electron chi connectivity index (χ3n) is 2.15. The van der Waals surface area contributed by atoms with Gasteiger partial charge in [-0.2, -0.15) is 0 Å². The lowest BCUT2D eigenvalue weighted by Crippen LogP contribution is -2.16. The van der Waals surface area contributed by atoms with E-state index in [1.807, 2.05) is 0 Å². The second kappa shape index (κ2) is 7.25. The average Bonchev–Trinajstić information content (AvgIpc) is 2.37. The van der Waals surface area contributed by atoms with Crippen molar-refractivity contribution in [2.45, 2.75) is 13.8 Å². The summed E-state index contributed by atoms with van der Waals surface area (Å²) in [6.07, 6.45) is 0. The molecule has 1 N–H and O–H groups in total. The second-order valence-electron chi connectivity index (χ2n) is 3.46. The van der Waals surface area contributed by atoms with Crippen LogP contribution >= 0.6 is 0 Å². The van der Waals surface area contributed by atoms with E-state index in [0.29, 0.717) is 6.61 Å². The predicted molar refractivity (Wildman–Crippen MR) is 66.7 cm³/mol. The molecule has 0 amide bonds. The lowest BCUT2D eigenvalue weighted by atomic mass is 10.2. The number of carbonyl (C=O) groups is 2. The molecule has 1 aromatic rings. The molecular weight excluding hydrogens is 252 g/mol. The summed E-state index contributed by atoms with van der Waals surface area (Å²) in [7, 11) is 0. The number of carboxylic acid groups (broad SMARTS) is 1. The number of para-hydroxylation sites is 1. The van der Waals surface area contributed by atoms with Gasteiger partial charge in [0.05, 0.1) is 13.2 Å². The first-order valence-electron chi connectivity index (χ1n) is 5.87. The molecule has 1 aromatic carbocycles. The van der Waals surface area contributed by atoms with Crippen molar-refractivity contribution in [3.63, 3.8) is 0 Å². The number of carboxylic acids is 1. The summed E-state index contributed by atoms with van der Waals surface area (Å²) in [6, 6.07) is 4.51. The van der Waals surface area contributed by atoms with Crippen molar-refractivity contribution in [3.8, 4) is 11.5 Å². The maximum atomic E-state index is 11.2. The van der Waals surface area contributed by atoms with Crippen LogP contribution in [0.3, 0.4) is 0 Å². The highest BCUT2D eigenvalue weighted by Crippen LogP contribution is 2.31. The zero-order valence-corrected chi connectivity index (χ0v) is 10.8. The molecule has 0 aromatic heterocycles. The van der Waals surface area contributed by atoms with Crippen LogP contribution in [0.2, 0.25) is 0 Å². The second-order valence-corrected chi connectivity index (χ2v) is 3.46. The van der Waals surface area contributed by atoms with Crippen molar-refractivity contribution in [2.24, 2.45) is 0 Å². The van der Waals surface area contributed by atoms with Gasteiger partial charge in [0.25, 0.3) is 0 Å². The molecule has 0 bridgehead atoms. The fourth-order valence-corrected chi connectivity index (χ4v) is 1.44. The van der Waals surface area contributed by atoms with E-state index in [2.05, 4.69) is 0 Å². The lowest BCUT2D eigenvalue weighted by molar-refractivity contribution is -0.145. The summed E-state index contributed by atoms with van der Waals surface area (Å²) in [5.74, 6) is -1.40. The number of carbonyl (C=O) groups excluding carboxylic acids is 1. The molecule has 0 heterocycles. The molecule has 0 atom stereocenters. The van der Waals surface area contributed by atoms with Gasteiger partial charge < -0.3 is 19.3 Å². The van der Waals surface area contributed by atoms with Crippen LogP contribution in [-0.2, 0) is 9.53 Å². The fraction of sp³-hybridized carbons (Fsp3) is 0.385. The quantitative estimate of drug-likeness (QED) is 0.758. The molecule has 0 spiro atoms. The van der Waals surface area contributed by atoms with Gasteiger partial charge in [-0.25, -0.2) is 9.59 Å². The van der Waals surface area contributed by atoms with Crippen LogP contribution in [0, 0.1) is 0 Å². The van der Waals surface area contributed by atoms with Crippen LogP contribution in [0.4, 0.5) is 0 Å². The number of aromatic carboxylic acids is 1. The van der Waals surface area contributed by atoms with Crippen LogP contribution in [0.5, 0.6) is 11.5 Å². The Balaban J connectivity index is 2.94. The molecule has 0 aliphatic rings. The van der Waals surface area contributed by atoms with E-state index in [1.54, 1.807) is 26.0 Å². The molecule has 0 aliphatic carbocycles. The van der Waals surface area contributed by atoms with Crippen molar-refractivity contribution in [1.29, 1.82) is 0 Å². The lowest BCUT2D eigenvalue weighted by Gasteiger charge is -2.13. The maximum Gasteiger partial charge on any atom is 0.344 e. The van der Waals surface area contributed by atoms with E-state index >= 15 is 0 Å². The minimum Gasteiger partial charge on any atom is -0.490 e. The molecule has 104 valence electrons. The molecule has 1 rings (SSSR count). The van der Waals surface area contributed by atoms with Gasteiger partial charge in [-0.15, -0.1) is 0 Å². The van der Waals surface area contributed by atoms with Gasteiger partial charge in [-0.05, 0) is 26.0 Å². The van der Waals surface area contributed by atoms with Gasteiger partial charge >= 0.3 is 11.9 Å². The molecule has 0 saturated carbocycles. The third-order valence-corrected chi connectivity index (χ3v) is 2.15. The van der Waals surface area contributed by atoms with Crippen molar-refractivity contribution >= 4 is 11.9 Å². The first-order chi connectivity index (χ1) is 9.10. The first kappa shape index (κ1) is 14.8. The number of rotatable bonds is 7. The Kier molecular flexibility index (Phi) is 5.66. The van der Waals surface area contributed by atoms with Crippen molar-refractivity contribution in [1.82, 2.24) is 0 Å². The smallest absolute Gasteiger partial charge is 0.344 e. The Morgan fingerprint density at radius 1 is 1.16 bits per heavy atom. The van der Waals surface area contributed by atoms with E-state index in [9.17, 15) is 9.59 Å². The maximum absolute atomic E-state index is 11.2. The standard InChI is InChI=1S/C13H16O6/c1-3-17-10-7-5-6-9(13(15)16)12(10)19-8-11(14)18-4-2/h5-7H,3-4,8H2,1-2H3,(H,15,16). The van der Waals surface area contributed by atoms with Gasteiger partial charge in [0.2, 0.25) is 0 Å². The highest BCUT2D eigenvalue weighted by Gasteiger charge is 2.17. The number of hydrogen-bond acceptors (Lipinski definition) is 5. The molecule has 0 saturated heterocycles. The molecule has 19 heavy (non-hydrogen) atoms. The molecule has 6 nitrogen and oxygen atoms in total. The topological polar surface area (TPSA) is 82.1 Å². The molecule has 6 heteroatoms. The Morgan fingerprint density at radius 3 is 2.47 bits per heavy atom. The SMILES string of the molecule is CCOC(=O)COc1c(OCC)cccc1C(=O)O. The van der Waals surface area contributed by atoms with E-state index in [-0.39, 0.29) is 30.3 Å². The molecule has 0 aliphatic heterocycles. The number of benzene rings is 1. The predicted octanol–water partition coefficient (Wildman–Crippen LogP) is 1.73.